The molecule has 2 amide bonds. The average molecular weight is 782 g/mol. The molecule has 15 heteroatoms. The van der Waals surface area contributed by atoms with Gasteiger partial charge in [0.25, 0.3) is 0 Å². The molecule has 2 aromatic heterocycles. The summed E-state index contributed by atoms with van der Waals surface area (Å²) in [6.07, 6.45) is -4.30. The number of nitrogens with one attached hydrogen (secondary N) is 3. The molecule has 2 unspecified atom stereocenters. The Bertz CT molecular complexity index is 2090. The normalized spacial score (nSPS) is 18.1. The third-order valence-electron chi connectivity index (χ3n) is 11.4. The zero-order valence-corrected chi connectivity index (χ0v) is 32.9. The van der Waals surface area contributed by atoms with Crippen LogP contribution in [0.4, 0.5) is 23.5 Å². The molecule has 2 aromatic carbocycles. The first-order chi connectivity index (χ1) is 26.3. The van der Waals surface area contributed by atoms with Gasteiger partial charge in [-0.1, -0.05) is 76.0 Å². The molecule has 0 bridgehead atoms. The highest BCUT2D eigenvalue weighted by Gasteiger charge is 2.47. The molecule has 0 spiro atoms. The Kier molecular flexibility index (Phi) is 12.5. The van der Waals surface area contributed by atoms with Crippen LogP contribution in [-0.4, -0.2) is 54.1 Å². The monoisotopic (exact) mass is 781 g/mol. The van der Waals surface area contributed by atoms with Gasteiger partial charge in [-0.2, -0.15) is 13.2 Å². The zero-order chi connectivity index (χ0) is 41.2. The zero-order valence-electron chi connectivity index (χ0n) is 32.9. The maximum absolute atomic E-state index is 14.9. The van der Waals surface area contributed by atoms with Crippen molar-refractivity contribution < 1.29 is 36.7 Å². The lowest BCUT2D eigenvalue weighted by molar-refractivity contribution is -0.138. The number of carbonyl (C=O) groups excluding carboxylic acids is 4. The second-order valence-corrected chi connectivity index (χ2v) is 16.3. The molecular formula is C41H51F4N7O4. The van der Waals surface area contributed by atoms with Crippen LogP contribution >= 0.6 is 0 Å². The SMILES string of the molecule is CCC(C)[C@H](CC(=O)[C@@]1(NC(=O)[C@@H](CC(=O)Cc2ccccc2F)C(C)CC)CCc2[nH]c3c(C(F)(F)F)cccc3c2C1)C(=O)Nc1nnnn1C(C)(C)C. The van der Waals surface area contributed by atoms with Gasteiger partial charge in [0.2, 0.25) is 17.8 Å². The fourth-order valence-electron chi connectivity index (χ4n) is 7.61. The van der Waals surface area contributed by atoms with Crippen LogP contribution in [0.3, 0.4) is 0 Å². The molecule has 2 heterocycles. The number of para-hydroxylation sites is 1. The van der Waals surface area contributed by atoms with Crippen LogP contribution in [0.2, 0.25) is 0 Å². The summed E-state index contributed by atoms with van der Waals surface area (Å²) in [5.41, 5.74) is -1.96. The predicted octanol–water partition coefficient (Wildman–Crippen LogP) is 7.54. The van der Waals surface area contributed by atoms with Crippen molar-refractivity contribution in [3.63, 3.8) is 0 Å². The van der Waals surface area contributed by atoms with Crippen LogP contribution in [0.1, 0.15) is 103 Å². The molecule has 5 atom stereocenters. The number of aryl methyl sites for hydroxylation is 1. The first kappa shape index (κ1) is 42.2. The maximum atomic E-state index is 14.9. The lowest BCUT2D eigenvalue weighted by Crippen LogP contribution is -2.60. The summed E-state index contributed by atoms with van der Waals surface area (Å²) in [6.45, 7) is 13.0. The molecular weight excluding hydrogens is 730 g/mol. The van der Waals surface area contributed by atoms with E-state index in [-0.39, 0.29) is 78.6 Å². The van der Waals surface area contributed by atoms with Gasteiger partial charge in [0.05, 0.1) is 16.6 Å². The lowest BCUT2D eigenvalue weighted by Gasteiger charge is -2.39. The number of aromatic nitrogens is 5. The summed E-state index contributed by atoms with van der Waals surface area (Å²) in [7, 11) is 0. The number of amides is 2. The van der Waals surface area contributed by atoms with E-state index in [9.17, 15) is 36.7 Å². The first-order valence-electron chi connectivity index (χ1n) is 19.2. The number of nitrogens with zero attached hydrogens (tertiary/aromatic N) is 4. The third-order valence-corrected chi connectivity index (χ3v) is 11.4. The molecule has 302 valence electrons. The van der Waals surface area contributed by atoms with Crippen molar-refractivity contribution in [2.75, 3.05) is 5.32 Å². The third kappa shape index (κ3) is 9.02. The number of aromatic amines is 1. The fourth-order valence-corrected chi connectivity index (χ4v) is 7.61. The second kappa shape index (κ2) is 16.6. The number of rotatable bonds is 15. The Labute approximate surface area is 323 Å². The fraction of sp³-hybridized carbons (Fsp3) is 0.537. The number of ketones is 2. The maximum Gasteiger partial charge on any atom is 0.418 e. The number of carbonyl (C=O) groups is 4. The van der Waals surface area contributed by atoms with Crippen molar-refractivity contribution in [3.8, 4) is 0 Å². The van der Waals surface area contributed by atoms with Gasteiger partial charge >= 0.3 is 6.18 Å². The molecule has 1 aliphatic carbocycles. The Hall–Kier alpha value is -4.95. The smallest absolute Gasteiger partial charge is 0.358 e. The molecule has 56 heavy (non-hydrogen) atoms. The van der Waals surface area contributed by atoms with Gasteiger partial charge in [-0.25, -0.2) is 9.07 Å². The number of H-pyrrole nitrogens is 1. The van der Waals surface area contributed by atoms with Crippen molar-refractivity contribution in [2.24, 2.45) is 23.7 Å². The Morgan fingerprint density at radius 1 is 0.929 bits per heavy atom. The highest BCUT2D eigenvalue weighted by Crippen LogP contribution is 2.41. The number of benzene rings is 2. The summed E-state index contributed by atoms with van der Waals surface area (Å²) in [5, 5.41) is 17.8. The average Bonchev–Trinajstić information content (AvgIpc) is 3.77. The second-order valence-electron chi connectivity index (χ2n) is 16.3. The minimum atomic E-state index is -4.64. The van der Waals surface area contributed by atoms with E-state index in [0.29, 0.717) is 24.1 Å². The van der Waals surface area contributed by atoms with Gasteiger partial charge in [0.1, 0.15) is 17.1 Å². The van der Waals surface area contributed by atoms with Crippen LogP contribution < -0.4 is 10.6 Å². The quantitative estimate of drug-likeness (QED) is 0.106. The minimum absolute atomic E-state index is 0.0340. The molecule has 0 saturated heterocycles. The van der Waals surface area contributed by atoms with Crippen molar-refractivity contribution in [3.05, 3.63) is 70.7 Å². The number of hydrogen-bond acceptors (Lipinski definition) is 7. The van der Waals surface area contributed by atoms with Gasteiger partial charge in [0, 0.05) is 48.6 Å². The largest absolute Gasteiger partial charge is 0.418 e. The van der Waals surface area contributed by atoms with Crippen molar-refractivity contribution in [2.45, 2.75) is 117 Å². The van der Waals surface area contributed by atoms with E-state index in [4.69, 9.17) is 0 Å². The number of anilines is 1. The number of tetrazole rings is 1. The molecule has 0 radical (unpaired) electrons. The van der Waals surface area contributed by atoms with E-state index in [1.807, 2.05) is 48.5 Å². The molecule has 4 aromatic rings. The van der Waals surface area contributed by atoms with E-state index in [2.05, 4.69) is 31.1 Å². The van der Waals surface area contributed by atoms with Gasteiger partial charge in [0.15, 0.2) is 5.78 Å². The van der Waals surface area contributed by atoms with Gasteiger partial charge in [-0.05, 0) is 79.1 Å². The molecule has 0 fully saturated rings. The molecule has 5 rings (SSSR count). The first-order valence-corrected chi connectivity index (χ1v) is 19.2. The predicted molar refractivity (Wildman–Crippen MR) is 203 cm³/mol. The summed E-state index contributed by atoms with van der Waals surface area (Å²) >= 11 is 0. The minimum Gasteiger partial charge on any atom is -0.358 e. The highest BCUT2D eigenvalue weighted by molar-refractivity contribution is 6.00. The van der Waals surface area contributed by atoms with E-state index >= 15 is 0 Å². The number of fused-ring (bicyclic) bond motifs is 3. The lowest BCUT2D eigenvalue weighted by atomic mass is 9.72. The number of alkyl halides is 3. The molecule has 0 aliphatic heterocycles. The van der Waals surface area contributed by atoms with Crippen LogP contribution in [0.5, 0.6) is 0 Å². The molecule has 11 nitrogen and oxygen atoms in total. The van der Waals surface area contributed by atoms with Crippen LogP contribution in [0.25, 0.3) is 10.9 Å². The topological polar surface area (TPSA) is 152 Å². The van der Waals surface area contributed by atoms with E-state index in [1.165, 1.54) is 28.9 Å². The molecule has 0 saturated carbocycles. The Morgan fingerprint density at radius 2 is 1.59 bits per heavy atom. The summed E-state index contributed by atoms with van der Waals surface area (Å²) in [5.74, 6) is -4.72. The molecule has 1 aliphatic rings. The number of hydrogen-bond donors (Lipinski definition) is 3. The van der Waals surface area contributed by atoms with E-state index in [1.54, 1.807) is 12.1 Å². The summed E-state index contributed by atoms with van der Waals surface area (Å²) in [6, 6.07) is 9.77. The van der Waals surface area contributed by atoms with Gasteiger partial charge < -0.3 is 10.3 Å². The van der Waals surface area contributed by atoms with Crippen molar-refractivity contribution in [1.82, 2.24) is 30.5 Å². The number of halogens is 4. The highest BCUT2D eigenvalue weighted by atomic mass is 19.4. The van der Waals surface area contributed by atoms with Crippen molar-refractivity contribution >= 4 is 40.2 Å². The van der Waals surface area contributed by atoms with Crippen LogP contribution in [-0.2, 0) is 50.2 Å². The number of Topliss-reactive ketones (excluding diaryl/α,β-unsaturated/α-hetero) is 2. The Morgan fingerprint density at radius 3 is 2.21 bits per heavy atom. The molecule has 3 N–H and O–H groups in total. The van der Waals surface area contributed by atoms with Crippen molar-refractivity contribution in [1.29, 1.82) is 0 Å². The summed E-state index contributed by atoms with van der Waals surface area (Å²) < 4.78 is 58.3. The van der Waals surface area contributed by atoms with Crippen LogP contribution in [0.15, 0.2) is 42.5 Å². The van der Waals surface area contributed by atoms with Gasteiger partial charge in [-0.3, -0.25) is 24.5 Å². The van der Waals surface area contributed by atoms with Crippen LogP contribution in [0, 0.1) is 29.5 Å². The standard InChI is InChI=1S/C41H51F4N7O4/c1-8-23(3)28(20-26(53)19-25-13-10-11-16-32(25)42)37(56)48-40(18-17-33-30(22-40)27-14-12-15-31(35(27)46-33)41(43,44)45)34(54)21-29(24(4)9-2)36(55)47-38-49-50-51-52(38)39(5,6)7/h10-16,23-24,28-29,46H,8-9,17-22H2,1-7H3,(H,48,56)(H,47,49,51,55)/t23?,24?,28-,29-,40+/m0/s1. The van der Waals surface area contributed by atoms with Gasteiger partial charge in [-0.15, -0.1) is 0 Å². The summed E-state index contributed by atoms with van der Waals surface area (Å²) in [4.78, 5) is 59.7. The van der Waals surface area contributed by atoms with E-state index < -0.39 is 58.1 Å². The Balaban J connectivity index is 1.52. The van der Waals surface area contributed by atoms with E-state index in [0.717, 1.165) is 6.07 Å².